The first-order valence-corrected chi connectivity index (χ1v) is 10.2. The fourth-order valence-electron chi connectivity index (χ4n) is 2.63. The van der Waals surface area contributed by atoms with Gasteiger partial charge in [-0.2, -0.15) is 0 Å². The molecular formula is C17H16Cl2N2O3S. The van der Waals surface area contributed by atoms with E-state index in [4.69, 9.17) is 23.2 Å². The molecule has 1 fully saturated rings. The van der Waals surface area contributed by atoms with Crippen molar-refractivity contribution in [3.05, 3.63) is 58.1 Å². The molecule has 2 N–H and O–H groups in total. The number of amides is 1. The summed E-state index contributed by atoms with van der Waals surface area (Å²) >= 11 is 11.8. The number of hydrogen-bond donors (Lipinski definition) is 2. The van der Waals surface area contributed by atoms with Crippen LogP contribution in [0.15, 0.2) is 42.5 Å². The van der Waals surface area contributed by atoms with Gasteiger partial charge in [-0.1, -0.05) is 23.2 Å². The van der Waals surface area contributed by atoms with E-state index >= 15 is 0 Å². The summed E-state index contributed by atoms with van der Waals surface area (Å²) in [5.74, 6) is 0.0896. The number of carbonyl (C=O) groups excluding carboxylic acids is 1. The third kappa shape index (κ3) is 4.66. The summed E-state index contributed by atoms with van der Waals surface area (Å²) in [4.78, 5) is 12.2. The first kappa shape index (κ1) is 18.0. The van der Waals surface area contributed by atoms with Crippen LogP contribution in [-0.4, -0.2) is 31.9 Å². The predicted octanol–water partition coefficient (Wildman–Crippen LogP) is 3.84. The van der Waals surface area contributed by atoms with Crippen molar-refractivity contribution in [2.45, 2.75) is 12.5 Å². The molecular weight excluding hydrogens is 383 g/mol. The molecule has 2 aromatic rings. The maximum atomic E-state index is 12.2. The van der Waals surface area contributed by atoms with Crippen molar-refractivity contribution in [3.63, 3.8) is 0 Å². The second kappa shape index (κ2) is 7.23. The summed E-state index contributed by atoms with van der Waals surface area (Å²) in [6.07, 6.45) is 0.609. The lowest BCUT2D eigenvalue weighted by Gasteiger charge is -2.13. The SMILES string of the molecule is O=C(Nc1ccc(NC2CCS(=O)(=O)C2)cc1)c1ccc(Cl)c(Cl)c1. The number of anilines is 2. The normalized spacial score (nSPS) is 18.7. The topological polar surface area (TPSA) is 75.3 Å². The Bertz CT molecular complexity index is 899. The number of benzene rings is 2. The molecule has 5 nitrogen and oxygen atoms in total. The van der Waals surface area contributed by atoms with Gasteiger partial charge in [-0.25, -0.2) is 8.42 Å². The van der Waals surface area contributed by atoms with E-state index in [-0.39, 0.29) is 23.5 Å². The quantitative estimate of drug-likeness (QED) is 0.819. The molecule has 1 aliphatic rings. The highest BCUT2D eigenvalue weighted by atomic mass is 35.5. The van der Waals surface area contributed by atoms with Crippen LogP contribution in [0, 0.1) is 0 Å². The molecule has 2 aromatic carbocycles. The molecule has 0 aromatic heterocycles. The van der Waals surface area contributed by atoms with Crippen molar-refractivity contribution in [2.75, 3.05) is 22.1 Å². The molecule has 1 atom stereocenters. The van der Waals surface area contributed by atoms with Gasteiger partial charge in [-0.05, 0) is 48.9 Å². The van der Waals surface area contributed by atoms with Crippen molar-refractivity contribution in [2.24, 2.45) is 0 Å². The van der Waals surface area contributed by atoms with Gasteiger partial charge in [0.2, 0.25) is 0 Å². The molecule has 0 spiro atoms. The van der Waals surface area contributed by atoms with Gasteiger partial charge < -0.3 is 10.6 Å². The zero-order chi connectivity index (χ0) is 18.0. The summed E-state index contributed by atoms with van der Waals surface area (Å²) in [7, 11) is -2.92. The predicted molar refractivity (Wildman–Crippen MR) is 102 cm³/mol. The Balaban J connectivity index is 1.62. The van der Waals surface area contributed by atoms with Crippen molar-refractivity contribution in [1.29, 1.82) is 0 Å². The van der Waals surface area contributed by atoms with Crippen molar-refractivity contribution >= 4 is 50.3 Å². The Kier molecular flexibility index (Phi) is 5.22. The van der Waals surface area contributed by atoms with Crippen LogP contribution >= 0.6 is 23.2 Å². The largest absolute Gasteiger partial charge is 0.381 e. The number of hydrogen-bond acceptors (Lipinski definition) is 4. The summed E-state index contributed by atoms with van der Waals surface area (Å²) < 4.78 is 23.0. The number of halogens is 2. The Labute approximate surface area is 156 Å². The lowest BCUT2D eigenvalue weighted by molar-refractivity contribution is 0.102. The molecule has 1 unspecified atom stereocenters. The maximum Gasteiger partial charge on any atom is 0.255 e. The minimum atomic E-state index is -2.92. The third-order valence-electron chi connectivity index (χ3n) is 3.93. The van der Waals surface area contributed by atoms with Crippen LogP contribution in [0.1, 0.15) is 16.8 Å². The van der Waals surface area contributed by atoms with Gasteiger partial charge in [-0.15, -0.1) is 0 Å². The molecule has 132 valence electrons. The minimum absolute atomic E-state index is 0.0679. The summed E-state index contributed by atoms with van der Waals surface area (Å²) in [6.45, 7) is 0. The molecule has 1 aliphatic heterocycles. The van der Waals surface area contributed by atoms with Crippen molar-refractivity contribution in [1.82, 2.24) is 0 Å². The highest BCUT2D eigenvalue weighted by molar-refractivity contribution is 7.91. The fraction of sp³-hybridized carbons (Fsp3) is 0.235. The molecule has 25 heavy (non-hydrogen) atoms. The van der Waals surface area contributed by atoms with Crippen LogP contribution in [0.5, 0.6) is 0 Å². The zero-order valence-corrected chi connectivity index (χ0v) is 15.5. The maximum absolute atomic E-state index is 12.2. The van der Waals surface area contributed by atoms with Crippen LogP contribution in [0.4, 0.5) is 11.4 Å². The van der Waals surface area contributed by atoms with Gasteiger partial charge in [0.15, 0.2) is 9.84 Å². The van der Waals surface area contributed by atoms with E-state index in [9.17, 15) is 13.2 Å². The van der Waals surface area contributed by atoms with Gasteiger partial charge in [0, 0.05) is 23.0 Å². The van der Waals surface area contributed by atoms with E-state index < -0.39 is 9.84 Å². The average Bonchev–Trinajstić information content (AvgIpc) is 2.90. The summed E-state index contributed by atoms with van der Waals surface area (Å²) in [5, 5.41) is 6.68. The molecule has 0 bridgehead atoms. The van der Waals surface area contributed by atoms with E-state index in [1.807, 2.05) is 0 Å². The second-order valence-electron chi connectivity index (χ2n) is 5.90. The monoisotopic (exact) mass is 398 g/mol. The van der Waals surface area contributed by atoms with Crippen LogP contribution in [0.25, 0.3) is 0 Å². The van der Waals surface area contributed by atoms with Crippen LogP contribution in [0.3, 0.4) is 0 Å². The van der Waals surface area contributed by atoms with E-state index in [0.29, 0.717) is 27.7 Å². The van der Waals surface area contributed by atoms with Gasteiger partial charge in [0.1, 0.15) is 0 Å². The Hall–Kier alpha value is -1.76. The highest BCUT2D eigenvalue weighted by Crippen LogP contribution is 2.24. The lowest BCUT2D eigenvalue weighted by Crippen LogP contribution is -2.20. The molecule has 3 rings (SSSR count). The number of nitrogens with one attached hydrogen (secondary N) is 2. The lowest BCUT2D eigenvalue weighted by atomic mass is 10.2. The molecule has 0 saturated carbocycles. The van der Waals surface area contributed by atoms with Crippen LogP contribution in [-0.2, 0) is 9.84 Å². The smallest absolute Gasteiger partial charge is 0.255 e. The minimum Gasteiger partial charge on any atom is -0.381 e. The highest BCUT2D eigenvalue weighted by Gasteiger charge is 2.27. The first-order valence-electron chi connectivity index (χ1n) is 7.66. The first-order chi connectivity index (χ1) is 11.8. The van der Waals surface area contributed by atoms with E-state index in [1.54, 1.807) is 36.4 Å². The van der Waals surface area contributed by atoms with Crippen molar-refractivity contribution < 1.29 is 13.2 Å². The Morgan fingerprint density at radius 1 is 1.00 bits per heavy atom. The van der Waals surface area contributed by atoms with Gasteiger partial charge in [0.25, 0.3) is 5.91 Å². The summed E-state index contributed by atoms with van der Waals surface area (Å²) in [6, 6.07) is 11.7. The number of rotatable bonds is 4. The Morgan fingerprint density at radius 3 is 2.28 bits per heavy atom. The van der Waals surface area contributed by atoms with E-state index in [0.717, 1.165) is 5.69 Å². The Morgan fingerprint density at radius 2 is 1.68 bits per heavy atom. The van der Waals surface area contributed by atoms with Crippen molar-refractivity contribution in [3.8, 4) is 0 Å². The number of carbonyl (C=O) groups is 1. The van der Waals surface area contributed by atoms with E-state index in [2.05, 4.69) is 10.6 Å². The standard InChI is InChI=1S/C17H16Cl2N2O3S/c18-15-6-1-11(9-16(15)19)17(22)21-13-4-2-12(3-5-13)20-14-7-8-25(23,24)10-14/h1-6,9,14,20H,7-8,10H2,(H,21,22). The average molecular weight is 399 g/mol. The zero-order valence-electron chi connectivity index (χ0n) is 13.1. The molecule has 8 heteroatoms. The third-order valence-corrected chi connectivity index (χ3v) is 6.43. The second-order valence-corrected chi connectivity index (χ2v) is 8.95. The van der Waals surface area contributed by atoms with Gasteiger partial charge in [0.05, 0.1) is 21.6 Å². The van der Waals surface area contributed by atoms with Crippen LogP contribution < -0.4 is 10.6 Å². The van der Waals surface area contributed by atoms with Gasteiger partial charge >= 0.3 is 0 Å². The molecule has 1 amide bonds. The molecule has 0 radical (unpaired) electrons. The number of sulfone groups is 1. The van der Waals surface area contributed by atoms with E-state index in [1.165, 1.54) is 6.07 Å². The summed E-state index contributed by atoms with van der Waals surface area (Å²) in [5.41, 5.74) is 1.85. The van der Waals surface area contributed by atoms with Crippen LogP contribution in [0.2, 0.25) is 10.0 Å². The fourth-order valence-corrected chi connectivity index (χ4v) is 4.61. The molecule has 1 heterocycles. The molecule has 1 saturated heterocycles. The van der Waals surface area contributed by atoms with Gasteiger partial charge in [-0.3, -0.25) is 4.79 Å². The molecule has 0 aliphatic carbocycles.